The van der Waals surface area contributed by atoms with E-state index in [1.165, 1.54) is 19.3 Å². The summed E-state index contributed by atoms with van der Waals surface area (Å²) in [5, 5.41) is 4.06. The lowest BCUT2D eigenvalue weighted by Crippen LogP contribution is -2.34. The lowest BCUT2D eigenvalue weighted by molar-refractivity contribution is 0.279. The van der Waals surface area contributed by atoms with Crippen molar-refractivity contribution in [3.05, 3.63) is 18.3 Å². The summed E-state index contributed by atoms with van der Waals surface area (Å²) in [5.74, 6) is 3.47. The number of hydrogen-bond acceptors (Lipinski definition) is 5. The van der Waals surface area contributed by atoms with Crippen LogP contribution < -0.4 is 5.73 Å². The minimum Gasteiger partial charge on any atom is -0.338 e. The Kier molecular flexibility index (Phi) is 2.29. The third-order valence-corrected chi connectivity index (χ3v) is 4.73. The van der Waals surface area contributed by atoms with Gasteiger partial charge in [-0.15, -0.1) is 0 Å². The van der Waals surface area contributed by atoms with E-state index in [-0.39, 0.29) is 12.0 Å². The molecule has 4 rings (SSSR count). The fraction of sp³-hybridized carbons (Fsp3) is 0.615. The zero-order valence-corrected chi connectivity index (χ0v) is 10.9. The summed E-state index contributed by atoms with van der Waals surface area (Å²) in [5.41, 5.74) is 6.31. The molecule has 6 heteroatoms. The predicted molar refractivity (Wildman–Crippen MR) is 68.0 cm³/mol. The van der Waals surface area contributed by atoms with E-state index in [0.717, 1.165) is 5.82 Å². The average Bonchev–Trinajstić information content (AvgIpc) is 3.10. The Morgan fingerprint density at radius 3 is 2.89 bits per heavy atom. The summed E-state index contributed by atoms with van der Waals surface area (Å²) in [6.45, 7) is 0. The first-order chi connectivity index (χ1) is 9.24. The van der Waals surface area contributed by atoms with Gasteiger partial charge >= 0.3 is 0 Å². The van der Waals surface area contributed by atoms with Crippen molar-refractivity contribution in [3.8, 4) is 11.6 Å². The van der Waals surface area contributed by atoms with Crippen molar-refractivity contribution < 1.29 is 4.52 Å². The SMILES string of the molecule is Cn1ccnc1-c1noc(C2C3CCC(C3)C2N)n1. The van der Waals surface area contributed by atoms with Crippen molar-refractivity contribution >= 4 is 0 Å². The number of nitrogens with zero attached hydrogens (tertiary/aromatic N) is 4. The van der Waals surface area contributed by atoms with Crippen LogP contribution in [0.4, 0.5) is 0 Å². The van der Waals surface area contributed by atoms with Gasteiger partial charge in [-0.25, -0.2) is 4.98 Å². The molecule has 2 saturated carbocycles. The van der Waals surface area contributed by atoms with Gasteiger partial charge in [0, 0.05) is 25.5 Å². The van der Waals surface area contributed by atoms with Gasteiger partial charge in [-0.2, -0.15) is 4.98 Å². The van der Waals surface area contributed by atoms with Crippen LogP contribution in [-0.4, -0.2) is 25.7 Å². The van der Waals surface area contributed by atoms with Crippen molar-refractivity contribution in [2.75, 3.05) is 0 Å². The Bertz CT molecular complexity index is 602. The molecule has 2 aliphatic carbocycles. The van der Waals surface area contributed by atoms with E-state index < -0.39 is 0 Å². The first-order valence-electron chi connectivity index (χ1n) is 6.81. The van der Waals surface area contributed by atoms with E-state index >= 15 is 0 Å². The topological polar surface area (TPSA) is 82.8 Å². The fourth-order valence-electron chi connectivity index (χ4n) is 3.74. The van der Waals surface area contributed by atoms with Gasteiger partial charge in [0.2, 0.25) is 11.7 Å². The number of rotatable bonds is 2. The first-order valence-corrected chi connectivity index (χ1v) is 6.81. The lowest BCUT2D eigenvalue weighted by Gasteiger charge is -2.24. The summed E-state index contributed by atoms with van der Waals surface area (Å²) in [4.78, 5) is 8.76. The van der Waals surface area contributed by atoms with E-state index in [9.17, 15) is 0 Å². The Morgan fingerprint density at radius 1 is 1.37 bits per heavy atom. The molecule has 4 atom stereocenters. The molecule has 0 amide bonds. The molecule has 4 unspecified atom stereocenters. The Morgan fingerprint density at radius 2 is 2.21 bits per heavy atom. The third kappa shape index (κ3) is 1.56. The summed E-state index contributed by atoms with van der Waals surface area (Å²) in [6.07, 6.45) is 7.31. The zero-order chi connectivity index (χ0) is 13.0. The van der Waals surface area contributed by atoms with Gasteiger partial charge in [0.15, 0.2) is 5.82 Å². The molecule has 0 radical (unpaired) electrons. The van der Waals surface area contributed by atoms with Crippen molar-refractivity contribution in [1.82, 2.24) is 19.7 Å². The minimum absolute atomic E-state index is 0.174. The van der Waals surface area contributed by atoms with Gasteiger partial charge in [0.1, 0.15) is 0 Å². The smallest absolute Gasteiger partial charge is 0.238 e. The maximum Gasteiger partial charge on any atom is 0.238 e. The molecular weight excluding hydrogens is 242 g/mol. The quantitative estimate of drug-likeness (QED) is 0.879. The molecule has 2 heterocycles. The van der Waals surface area contributed by atoms with E-state index in [1.807, 2.05) is 17.8 Å². The van der Waals surface area contributed by atoms with Crippen LogP contribution >= 0.6 is 0 Å². The van der Waals surface area contributed by atoms with Crippen LogP contribution in [0.5, 0.6) is 0 Å². The van der Waals surface area contributed by atoms with E-state index in [1.54, 1.807) is 6.20 Å². The molecule has 0 aliphatic heterocycles. The van der Waals surface area contributed by atoms with Crippen LogP contribution in [0.1, 0.15) is 31.1 Å². The highest BCUT2D eigenvalue weighted by Crippen LogP contribution is 2.51. The van der Waals surface area contributed by atoms with Gasteiger partial charge in [-0.05, 0) is 31.1 Å². The summed E-state index contributed by atoms with van der Waals surface area (Å²) < 4.78 is 7.34. The van der Waals surface area contributed by atoms with Gasteiger partial charge in [0.05, 0.1) is 5.92 Å². The molecule has 2 aromatic heterocycles. The molecular formula is C13H17N5O. The van der Waals surface area contributed by atoms with E-state index in [4.69, 9.17) is 10.3 Å². The molecule has 19 heavy (non-hydrogen) atoms. The Balaban J connectivity index is 1.67. The molecule has 2 bridgehead atoms. The third-order valence-electron chi connectivity index (χ3n) is 4.73. The van der Waals surface area contributed by atoms with Gasteiger partial charge < -0.3 is 14.8 Å². The summed E-state index contributed by atoms with van der Waals surface area (Å²) in [7, 11) is 1.92. The van der Waals surface area contributed by atoms with Crippen molar-refractivity contribution in [1.29, 1.82) is 0 Å². The van der Waals surface area contributed by atoms with E-state index in [0.29, 0.717) is 23.6 Å². The molecule has 2 aliphatic rings. The Hall–Kier alpha value is -1.69. The molecule has 0 aromatic carbocycles. The number of nitrogens with two attached hydrogens (primary N) is 1. The lowest BCUT2D eigenvalue weighted by atomic mass is 9.85. The molecule has 0 saturated heterocycles. The number of aromatic nitrogens is 4. The molecule has 100 valence electrons. The fourth-order valence-corrected chi connectivity index (χ4v) is 3.74. The van der Waals surface area contributed by atoms with Crippen LogP contribution in [0.2, 0.25) is 0 Å². The van der Waals surface area contributed by atoms with Crippen LogP contribution in [0.15, 0.2) is 16.9 Å². The minimum atomic E-state index is 0.174. The van der Waals surface area contributed by atoms with Crippen LogP contribution in [0.3, 0.4) is 0 Å². The molecule has 2 N–H and O–H groups in total. The summed E-state index contributed by atoms with van der Waals surface area (Å²) in [6, 6.07) is 0.174. The molecule has 2 fully saturated rings. The number of imidazole rings is 1. The highest BCUT2D eigenvalue weighted by Gasteiger charge is 2.48. The normalized spacial score (nSPS) is 33.2. The zero-order valence-electron chi connectivity index (χ0n) is 10.9. The second-order valence-electron chi connectivity index (χ2n) is 5.75. The largest absolute Gasteiger partial charge is 0.338 e. The van der Waals surface area contributed by atoms with Crippen molar-refractivity contribution in [3.63, 3.8) is 0 Å². The molecule has 6 nitrogen and oxygen atoms in total. The van der Waals surface area contributed by atoms with Gasteiger partial charge in [-0.1, -0.05) is 5.16 Å². The standard InChI is InChI=1S/C13H17N5O/c1-18-5-4-15-12(18)11-16-13(19-17-11)9-7-2-3-8(6-7)10(9)14/h4-5,7-10H,2-3,6,14H2,1H3. The molecule has 0 spiro atoms. The Labute approximate surface area is 111 Å². The number of aryl methyl sites for hydroxylation is 1. The van der Waals surface area contributed by atoms with Crippen molar-refractivity contribution in [2.45, 2.75) is 31.2 Å². The van der Waals surface area contributed by atoms with Crippen LogP contribution in [0, 0.1) is 11.8 Å². The second kappa shape index (κ2) is 3.90. The number of fused-ring (bicyclic) bond motifs is 2. The monoisotopic (exact) mass is 259 g/mol. The van der Waals surface area contributed by atoms with Gasteiger partial charge in [-0.3, -0.25) is 0 Å². The van der Waals surface area contributed by atoms with Crippen LogP contribution in [-0.2, 0) is 7.05 Å². The number of hydrogen-bond donors (Lipinski definition) is 1. The van der Waals surface area contributed by atoms with Crippen LogP contribution in [0.25, 0.3) is 11.6 Å². The highest BCUT2D eigenvalue weighted by atomic mass is 16.5. The van der Waals surface area contributed by atoms with Crippen molar-refractivity contribution in [2.24, 2.45) is 24.6 Å². The summed E-state index contributed by atoms with van der Waals surface area (Å²) >= 11 is 0. The van der Waals surface area contributed by atoms with E-state index in [2.05, 4.69) is 15.1 Å². The molecule has 2 aromatic rings. The maximum absolute atomic E-state index is 6.31. The maximum atomic E-state index is 6.31. The predicted octanol–water partition coefficient (Wildman–Crippen LogP) is 1.31. The first kappa shape index (κ1) is 11.2. The van der Waals surface area contributed by atoms with Gasteiger partial charge in [0.25, 0.3) is 0 Å². The second-order valence-corrected chi connectivity index (χ2v) is 5.75. The average molecular weight is 259 g/mol. The highest BCUT2D eigenvalue weighted by molar-refractivity contribution is 5.42.